The van der Waals surface area contributed by atoms with Crippen molar-refractivity contribution in [1.82, 2.24) is 0 Å². The second-order valence-corrected chi connectivity index (χ2v) is 7.54. The molecule has 2 amide bonds. The molecule has 32 heavy (non-hydrogen) atoms. The summed E-state index contributed by atoms with van der Waals surface area (Å²) in [6.45, 7) is 0. The normalized spacial score (nSPS) is 22.4. The van der Waals surface area contributed by atoms with Gasteiger partial charge in [-0.15, -0.1) is 0 Å². The molecular weight excluding hydrogens is 415 g/mol. The van der Waals surface area contributed by atoms with Gasteiger partial charge in [0.1, 0.15) is 17.8 Å². The number of fused-ring (bicyclic) bond motifs is 1. The zero-order chi connectivity index (χ0) is 22.4. The molecule has 1 N–H and O–H groups in total. The van der Waals surface area contributed by atoms with Crippen LogP contribution >= 0.6 is 0 Å². The minimum atomic E-state index is -1.09. The lowest BCUT2D eigenvalue weighted by Crippen LogP contribution is -2.37. The quantitative estimate of drug-likeness (QED) is 0.633. The number of hydrogen-bond acceptors (Lipinski definition) is 6. The van der Waals surface area contributed by atoms with Crippen molar-refractivity contribution in [3.63, 3.8) is 0 Å². The molecular formula is C24H19FN2O5. The average Bonchev–Trinajstić information content (AvgIpc) is 3.31. The second-order valence-electron chi connectivity index (χ2n) is 7.54. The Balaban J connectivity index is 1.62. The Morgan fingerprint density at radius 3 is 2.31 bits per heavy atom. The summed E-state index contributed by atoms with van der Waals surface area (Å²) in [7, 11) is 1.43. The number of anilines is 2. The van der Waals surface area contributed by atoms with E-state index >= 15 is 0 Å². The number of methoxy groups -OCH3 is 1. The first-order valence-electron chi connectivity index (χ1n) is 10.0. The molecule has 3 atom stereocenters. The van der Waals surface area contributed by atoms with E-state index in [0.717, 1.165) is 4.90 Å². The maximum atomic E-state index is 13.5. The molecule has 0 spiro atoms. The van der Waals surface area contributed by atoms with Crippen molar-refractivity contribution < 1.29 is 28.7 Å². The van der Waals surface area contributed by atoms with E-state index in [1.54, 1.807) is 30.3 Å². The first kappa shape index (κ1) is 20.0. The number of ether oxygens (including phenoxy) is 1. The van der Waals surface area contributed by atoms with E-state index in [9.17, 15) is 19.1 Å². The number of phenolic OH excluding ortho intramolecular Hbond substituents is 1. The lowest BCUT2D eigenvalue weighted by molar-refractivity contribution is -0.126. The molecule has 0 aromatic heterocycles. The van der Waals surface area contributed by atoms with Gasteiger partial charge in [0.05, 0.1) is 18.5 Å². The van der Waals surface area contributed by atoms with Crippen LogP contribution in [0.4, 0.5) is 15.8 Å². The first-order chi connectivity index (χ1) is 15.5. The summed E-state index contributed by atoms with van der Waals surface area (Å²) in [4.78, 5) is 33.8. The average molecular weight is 434 g/mol. The highest BCUT2D eigenvalue weighted by atomic mass is 19.1. The molecule has 3 aromatic carbocycles. The van der Waals surface area contributed by atoms with Crippen molar-refractivity contribution in [2.24, 2.45) is 5.92 Å². The molecule has 0 bridgehead atoms. The Labute approximate surface area is 183 Å². The van der Waals surface area contributed by atoms with Gasteiger partial charge in [0.2, 0.25) is 5.91 Å². The van der Waals surface area contributed by atoms with Crippen LogP contribution in [-0.2, 0) is 14.4 Å². The van der Waals surface area contributed by atoms with Crippen molar-refractivity contribution in [3.05, 3.63) is 84.2 Å². The predicted molar refractivity (Wildman–Crippen MR) is 114 cm³/mol. The van der Waals surface area contributed by atoms with Gasteiger partial charge in [-0.3, -0.25) is 14.4 Å². The fourth-order valence-electron chi connectivity index (χ4n) is 4.32. The number of phenols is 1. The fourth-order valence-corrected chi connectivity index (χ4v) is 4.32. The van der Waals surface area contributed by atoms with Crippen LogP contribution < -0.4 is 14.7 Å². The predicted octanol–water partition coefficient (Wildman–Crippen LogP) is 3.59. The molecule has 0 aliphatic carbocycles. The second kappa shape index (κ2) is 7.65. The lowest BCUT2D eigenvalue weighted by Gasteiger charge is -2.29. The third-order valence-electron chi connectivity index (χ3n) is 5.78. The van der Waals surface area contributed by atoms with Gasteiger partial charge >= 0.3 is 0 Å². The van der Waals surface area contributed by atoms with E-state index in [4.69, 9.17) is 9.57 Å². The van der Waals surface area contributed by atoms with Crippen LogP contribution in [0.1, 0.15) is 11.6 Å². The fraction of sp³-hybridized carbons (Fsp3) is 0.167. The molecule has 2 fully saturated rings. The summed E-state index contributed by atoms with van der Waals surface area (Å²) in [5, 5.41) is 12.3. The Bertz CT molecular complexity index is 1180. The molecule has 2 aliphatic heterocycles. The van der Waals surface area contributed by atoms with Crippen LogP contribution in [0.25, 0.3) is 0 Å². The zero-order valence-electron chi connectivity index (χ0n) is 17.0. The maximum Gasteiger partial charge on any atom is 0.266 e. The lowest BCUT2D eigenvalue weighted by atomic mass is 9.90. The van der Waals surface area contributed by atoms with Crippen LogP contribution in [0, 0.1) is 11.7 Å². The highest BCUT2D eigenvalue weighted by molar-refractivity contribution is 6.23. The SMILES string of the molecule is COc1cccc([C@@H]2[C@H]3C(=O)N(c4ccc(F)cc4)C(=O)[C@H]3ON2c2ccccc2)c1O. The van der Waals surface area contributed by atoms with E-state index < -0.39 is 35.7 Å². The third kappa shape index (κ3) is 2.99. The van der Waals surface area contributed by atoms with Crippen molar-refractivity contribution in [1.29, 1.82) is 0 Å². The first-order valence-corrected chi connectivity index (χ1v) is 10.0. The van der Waals surface area contributed by atoms with Gasteiger partial charge in [-0.1, -0.05) is 30.3 Å². The summed E-state index contributed by atoms with van der Waals surface area (Å²) < 4.78 is 18.6. The van der Waals surface area contributed by atoms with Crippen molar-refractivity contribution in [2.45, 2.75) is 12.1 Å². The third-order valence-corrected chi connectivity index (χ3v) is 5.78. The topological polar surface area (TPSA) is 79.3 Å². The number of aromatic hydroxyl groups is 1. The van der Waals surface area contributed by atoms with Crippen LogP contribution in [0.2, 0.25) is 0 Å². The molecule has 0 unspecified atom stereocenters. The van der Waals surface area contributed by atoms with E-state index in [1.807, 2.05) is 18.2 Å². The highest BCUT2D eigenvalue weighted by Crippen LogP contribution is 2.50. The van der Waals surface area contributed by atoms with Gasteiger partial charge in [0, 0.05) is 5.56 Å². The number of para-hydroxylation sites is 2. The summed E-state index contributed by atoms with van der Waals surface area (Å²) in [6, 6.07) is 18.3. The van der Waals surface area contributed by atoms with E-state index in [-0.39, 0.29) is 17.2 Å². The molecule has 2 heterocycles. The van der Waals surface area contributed by atoms with Gasteiger partial charge in [0.15, 0.2) is 17.6 Å². The molecule has 2 aliphatic rings. The van der Waals surface area contributed by atoms with Gasteiger partial charge in [-0.2, -0.15) is 0 Å². The smallest absolute Gasteiger partial charge is 0.266 e. The van der Waals surface area contributed by atoms with Crippen molar-refractivity contribution in [3.8, 4) is 11.5 Å². The number of hydrogen-bond donors (Lipinski definition) is 1. The minimum absolute atomic E-state index is 0.134. The number of halogens is 1. The number of carbonyl (C=O) groups excluding carboxylic acids is 2. The summed E-state index contributed by atoms with van der Waals surface area (Å²) in [5.74, 6) is -2.32. The van der Waals surface area contributed by atoms with E-state index in [1.165, 1.54) is 36.4 Å². The van der Waals surface area contributed by atoms with Crippen molar-refractivity contribution in [2.75, 3.05) is 17.1 Å². The Morgan fingerprint density at radius 2 is 1.62 bits per heavy atom. The van der Waals surface area contributed by atoms with Crippen LogP contribution in [0.5, 0.6) is 11.5 Å². The monoisotopic (exact) mass is 434 g/mol. The highest BCUT2D eigenvalue weighted by Gasteiger charge is 2.60. The Morgan fingerprint density at radius 1 is 0.906 bits per heavy atom. The van der Waals surface area contributed by atoms with Crippen molar-refractivity contribution >= 4 is 23.2 Å². The molecule has 2 saturated heterocycles. The molecule has 8 heteroatoms. The maximum absolute atomic E-state index is 13.5. The number of rotatable bonds is 4. The minimum Gasteiger partial charge on any atom is -0.504 e. The summed E-state index contributed by atoms with van der Waals surface area (Å²) in [5.41, 5.74) is 1.28. The Kier molecular flexibility index (Phi) is 4.79. The number of carbonyl (C=O) groups is 2. The number of amides is 2. The Hall–Kier alpha value is -3.91. The molecule has 162 valence electrons. The van der Waals surface area contributed by atoms with E-state index in [2.05, 4.69) is 0 Å². The van der Waals surface area contributed by atoms with Crippen LogP contribution in [0.15, 0.2) is 72.8 Å². The van der Waals surface area contributed by atoms with E-state index in [0.29, 0.717) is 11.3 Å². The molecule has 3 aromatic rings. The number of benzene rings is 3. The van der Waals surface area contributed by atoms with Crippen LogP contribution in [0.3, 0.4) is 0 Å². The molecule has 7 nitrogen and oxygen atoms in total. The zero-order valence-corrected chi connectivity index (χ0v) is 17.0. The molecule has 0 radical (unpaired) electrons. The molecule has 0 saturated carbocycles. The van der Waals surface area contributed by atoms with Gasteiger partial charge in [-0.25, -0.2) is 14.4 Å². The largest absolute Gasteiger partial charge is 0.504 e. The van der Waals surface area contributed by atoms with Gasteiger partial charge in [-0.05, 0) is 42.5 Å². The molecule has 5 rings (SSSR count). The van der Waals surface area contributed by atoms with Gasteiger partial charge < -0.3 is 9.84 Å². The summed E-state index contributed by atoms with van der Waals surface area (Å²) in [6.07, 6.45) is -1.09. The number of imide groups is 1. The number of hydroxylamine groups is 1. The summed E-state index contributed by atoms with van der Waals surface area (Å²) >= 11 is 0. The van der Waals surface area contributed by atoms with Gasteiger partial charge in [0.25, 0.3) is 5.91 Å². The van der Waals surface area contributed by atoms with Crippen LogP contribution in [-0.4, -0.2) is 30.1 Å². The number of nitrogens with zero attached hydrogens (tertiary/aromatic N) is 2. The standard InChI is InChI=1S/C24H19FN2O5/c1-31-18-9-5-8-17(21(18)28)20-19-22(32-27(20)16-6-3-2-4-7-16)24(30)26(23(19)29)15-12-10-14(25)11-13-15/h2-13,19-20,22,28H,1H3/t19-,20-,22+/m1/s1.